The lowest BCUT2D eigenvalue weighted by molar-refractivity contribution is -0.142. The smallest absolute Gasteiger partial charge is 0.328 e. The fraction of sp³-hybridized carbons (Fsp3) is 0.148. The number of ketones is 1. The molecule has 184 valence electrons. The van der Waals surface area contributed by atoms with Gasteiger partial charge in [0, 0.05) is 24.6 Å². The van der Waals surface area contributed by atoms with Crippen molar-refractivity contribution in [2.24, 2.45) is 0 Å². The number of nitrogens with one attached hydrogen (secondary N) is 3. The lowest BCUT2D eigenvalue weighted by Crippen LogP contribution is -2.43. The lowest BCUT2D eigenvalue weighted by Gasteiger charge is -2.17. The van der Waals surface area contributed by atoms with Crippen LogP contribution in [0, 0.1) is 0 Å². The van der Waals surface area contributed by atoms with Gasteiger partial charge >= 0.3 is 5.97 Å². The highest BCUT2D eigenvalue weighted by atomic mass is 16.5. The van der Waals surface area contributed by atoms with E-state index < -0.39 is 29.6 Å². The predicted octanol–water partition coefficient (Wildman–Crippen LogP) is 2.98. The minimum atomic E-state index is -0.904. The lowest BCUT2D eigenvalue weighted by atomic mass is 10.1. The molecule has 0 bridgehead atoms. The summed E-state index contributed by atoms with van der Waals surface area (Å²) in [5, 5.41) is 7.66. The first-order valence-electron chi connectivity index (χ1n) is 11.0. The van der Waals surface area contributed by atoms with Crippen molar-refractivity contribution in [3.8, 4) is 0 Å². The molecule has 3 aromatic rings. The van der Waals surface area contributed by atoms with Gasteiger partial charge < -0.3 is 20.7 Å². The highest BCUT2D eigenvalue weighted by Gasteiger charge is 2.23. The third kappa shape index (κ3) is 6.86. The molecule has 9 heteroatoms. The van der Waals surface area contributed by atoms with Gasteiger partial charge in [0.15, 0.2) is 0 Å². The number of amides is 3. The van der Waals surface area contributed by atoms with Crippen LogP contribution in [0.3, 0.4) is 0 Å². The molecule has 3 N–H and O–H groups in total. The largest absolute Gasteiger partial charge is 0.467 e. The zero-order chi connectivity index (χ0) is 26.1. The molecular formula is C27H25N3O6. The standard InChI is InChI=1S/C27H25N3O6/c1-17(31)28-22-11-7-6-10-21(22)24(32)26(34)29-20-14-12-19(13-15-20)25(33)30-23(27(35)36-2)16-18-8-4-3-5-9-18/h3-15,23H,16H2,1-2H3,(H,28,31)(H,29,34)(H,30,33). The van der Waals surface area contributed by atoms with Gasteiger partial charge in [0.05, 0.1) is 18.4 Å². The Labute approximate surface area is 207 Å². The summed E-state index contributed by atoms with van der Waals surface area (Å²) in [6.45, 7) is 1.30. The summed E-state index contributed by atoms with van der Waals surface area (Å²) in [4.78, 5) is 61.4. The van der Waals surface area contributed by atoms with Crippen molar-refractivity contribution >= 4 is 40.8 Å². The summed E-state index contributed by atoms with van der Waals surface area (Å²) in [6, 6.07) is 20.3. The van der Waals surface area contributed by atoms with Crippen molar-refractivity contribution in [2.45, 2.75) is 19.4 Å². The number of Topliss-reactive ketones (excluding diaryl/α,β-unsaturated/α-hetero) is 1. The van der Waals surface area contributed by atoms with Crippen molar-refractivity contribution in [1.82, 2.24) is 5.32 Å². The van der Waals surface area contributed by atoms with Crippen molar-refractivity contribution in [3.63, 3.8) is 0 Å². The van der Waals surface area contributed by atoms with Crippen molar-refractivity contribution in [3.05, 3.63) is 95.6 Å². The van der Waals surface area contributed by atoms with Crippen LogP contribution in [-0.2, 0) is 25.5 Å². The molecule has 0 aliphatic carbocycles. The topological polar surface area (TPSA) is 131 Å². The molecule has 1 unspecified atom stereocenters. The highest BCUT2D eigenvalue weighted by Crippen LogP contribution is 2.17. The van der Waals surface area contributed by atoms with E-state index in [1.165, 1.54) is 50.4 Å². The number of para-hydroxylation sites is 1. The average Bonchev–Trinajstić information content (AvgIpc) is 2.88. The van der Waals surface area contributed by atoms with Gasteiger partial charge in [0.1, 0.15) is 6.04 Å². The molecule has 0 aliphatic heterocycles. The van der Waals surface area contributed by atoms with Crippen LogP contribution in [0.2, 0.25) is 0 Å². The van der Waals surface area contributed by atoms with Crippen molar-refractivity contribution in [1.29, 1.82) is 0 Å². The van der Waals surface area contributed by atoms with Crippen LogP contribution in [0.1, 0.15) is 33.2 Å². The SMILES string of the molecule is COC(=O)C(Cc1ccccc1)NC(=O)c1ccc(NC(=O)C(=O)c2ccccc2NC(C)=O)cc1. The molecule has 0 aromatic heterocycles. The number of rotatable bonds is 9. The Kier molecular flexibility index (Phi) is 8.66. The maximum atomic E-state index is 12.7. The molecule has 0 spiro atoms. The second-order valence-electron chi connectivity index (χ2n) is 7.83. The first-order valence-corrected chi connectivity index (χ1v) is 11.0. The number of ether oxygens (including phenoxy) is 1. The number of hydrogen-bond donors (Lipinski definition) is 3. The highest BCUT2D eigenvalue weighted by molar-refractivity contribution is 6.47. The molecule has 0 saturated carbocycles. The van der Waals surface area contributed by atoms with Gasteiger partial charge in [-0.3, -0.25) is 19.2 Å². The van der Waals surface area contributed by atoms with E-state index in [1.807, 2.05) is 30.3 Å². The van der Waals surface area contributed by atoms with Gasteiger partial charge in [-0.1, -0.05) is 42.5 Å². The monoisotopic (exact) mass is 487 g/mol. The van der Waals surface area contributed by atoms with Crippen LogP contribution in [0.15, 0.2) is 78.9 Å². The van der Waals surface area contributed by atoms with E-state index in [2.05, 4.69) is 16.0 Å². The van der Waals surface area contributed by atoms with Crippen LogP contribution in [0.5, 0.6) is 0 Å². The molecule has 36 heavy (non-hydrogen) atoms. The minimum absolute atomic E-state index is 0.0495. The van der Waals surface area contributed by atoms with Crippen LogP contribution in [0.4, 0.5) is 11.4 Å². The Bertz CT molecular complexity index is 1270. The van der Waals surface area contributed by atoms with Crippen molar-refractivity contribution < 1.29 is 28.7 Å². The summed E-state index contributed by atoms with van der Waals surface area (Å²) in [6.07, 6.45) is 0.259. The number of benzene rings is 3. The van der Waals surface area contributed by atoms with Gasteiger partial charge in [0.2, 0.25) is 5.91 Å². The molecule has 3 amide bonds. The Balaban J connectivity index is 1.66. The van der Waals surface area contributed by atoms with Crippen LogP contribution >= 0.6 is 0 Å². The van der Waals surface area contributed by atoms with Gasteiger partial charge in [-0.05, 0) is 42.0 Å². The number of esters is 1. The summed E-state index contributed by atoms with van der Waals surface area (Å²) in [5.41, 5.74) is 1.67. The summed E-state index contributed by atoms with van der Waals surface area (Å²) in [7, 11) is 1.25. The number of hydrogen-bond acceptors (Lipinski definition) is 6. The normalized spacial score (nSPS) is 11.1. The molecule has 0 saturated heterocycles. The second-order valence-corrected chi connectivity index (χ2v) is 7.83. The Hall–Kier alpha value is -4.79. The van der Waals surface area contributed by atoms with Crippen LogP contribution in [-0.4, -0.2) is 42.6 Å². The zero-order valence-corrected chi connectivity index (χ0v) is 19.7. The number of carbonyl (C=O) groups excluding carboxylic acids is 5. The molecule has 0 aliphatic rings. The van der Waals surface area contributed by atoms with E-state index in [9.17, 15) is 24.0 Å². The number of carbonyl (C=O) groups is 5. The number of anilines is 2. The minimum Gasteiger partial charge on any atom is -0.467 e. The zero-order valence-electron chi connectivity index (χ0n) is 19.7. The molecule has 0 radical (unpaired) electrons. The molecule has 9 nitrogen and oxygen atoms in total. The maximum Gasteiger partial charge on any atom is 0.328 e. The van der Waals surface area contributed by atoms with Gasteiger partial charge in [-0.15, -0.1) is 0 Å². The maximum absolute atomic E-state index is 12.7. The third-order valence-electron chi connectivity index (χ3n) is 5.17. The van der Waals surface area contributed by atoms with Crippen LogP contribution < -0.4 is 16.0 Å². The van der Waals surface area contributed by atoms with Crippen LogP contribution in [0.25, 0.3) is 0 Å². The molecule has 0 heterocycles. The quantitative estimate of drug-likeness (QED) is 0.242. The molecule has 1 atom stereocenters. The molecule has 3 rings (SSSR count). The summed E-state index contributed by atoms with van der Waals surface area (Å²) in [5.74, 6) is -3.18. The van der Waals surface area contributed by atoms with E-state index in [4.69, 9.17) is 4.74 Å². The van der Waals surface area contributed by atoms with E-state index >= 15 is 0 Å². The Morgan fingerprint density at radius 1 is 0.806 bits per heavy atom. The van der Waals surface area contributed by atoms with Gasteiger partial charge in [0.25, 0.3) is 17.6 Å². The first-order chi connectivity index (χ1) is 17.3. The number of methoxy groups -OCH3 is 1. The average molecular weight is 488 g/mol. The second kappa shape index (κ2) is 12.1. The van der Waals surface area contributed by atoms with E-state index in [1.54, 1.807) is 12.1 Å². The molecular weight excluding hydrogens is 462 g/mol. The van der Waals surface area contributed by atoms with Crippen molar-refractivity contribution in [2.75, 3.05) is 17.7 Å². The van der Waals surface area contributed by atoms with E-state index in [0.29, 0.717) is 0 Å². The summed E-state index contributed by atoms with van der Waals surface area (Å²) < 4.78 is 4.82. The third-order valence-corrected chi connectivity index (χ3v) is 5.17. The summed E-state index contributed by atoms with van der Waals surface area (Å²) >= 11 is 0. The Morgan fingerprint density at radius 3 is 2.08 bits per heavy atom. The van der Waals surface area contributed by atoms with E-state index in [-0.39, 0.29) is 34.8 Å². The fourth-order valence-corrected chi connectivity index (χ4v) is 3.42. The Morgan fingerprint density at radius 2 is 1.44 bits per heavy atom. The molecule has 3 aromatic carbocycles. The van der Waals surface area contributed by atoms with E-state index in [0.717, 1.165) is 5.56 Å². The van der Waals surface area contributed by atoms with Gasteiger partial charge in [-0.2, -0.15) is 0 Å². The first kappa shape index (κ1) is 25.8. The molecule has 0 fully saturated rings. The predicted molar refractivity (Wildman–Crippen MR) is 134 cm³/mol. The van der Waals surface area contributed by atoms with Gasteiger partial charge in [-0.25, -0.2) is 4.79 Å². The fourth-order valence-electron chi connectivity index (χ4n) is 3.42.